The van der Waals surface area contributed by atoms with Crippen molar-refractivity contribution >= 4 is 37.5 Å². The van der Waals surface area contributed by atoms with Gasteiger partial charge in [-0.3, -0.25) is 0 Å². The Balaban J connectivity index is 1.73. The van der Waals surface area contributed by atoms with Crippen molar-refractivity contribution in [3.8, 4) is 22.3 Å². The lowest BCUT2D eigenvalue weighted by Gasteiger charge is -2.27. The number of rotatable bonds is 1. The second kappa shape index (κ2) is 7.30. The normalized spacial score (nSPS) is 14.4. The van der Waals surface area contributed by atoms with Crippen LogP contribution in [0.5, 0.6) is 0 Å². The van der Waals surface area contributed by atoms with Crippen molar-refractivity contribution in [2.75, 3.05) is 0 Å². The van der Waals surface area contributed by atoms with E-state index in [-0.39, 0.29) is 10.8 Å². The van der Waals surface area contributed by atoms with Crippen LogP contribution in [0, 0.1) is 0 Å². The van der Waals surface area contributed by atoms with Crippen molar-refractivity contribution in [3.05, 3.63) is 106 Å². The summed E-state index contributed by atoms with van der Waals surface area (Å²) in [7, 11) is 0. The third kappa shape index (κ3) is 3.03. The molecular weight excluding hydrogens is 476 g/mol. The fourth-order valence-corrected chi connectivity index (χ4v) is 6.49. The molecule has 0 N–H and O–H groups in total. The minimum absolute atomic E-state index is 0.0120. The Morgan fingerprint density at radius 1 is 0.618 bits per heavy atom. The van der Waals surface area contributed by atoms with Gasteiger partial charge in [0.25, 0.3) is 0 Å². The van der Waals surface area contributed by atoms with E-state index in [1.54, 1.807) is 0 Å². The second-order valence-electron chi connectivity index (χ2n) is 11.2. The minimum Gasteiger partial charge on any atom is -0.0619 e. The summed E-state index contributed by atoms with van der Waals surface area (Å²) in [6, 6.07) is 31.7. The first kappa shape index (κ1) is 21.6. The summed E-state index contributed by atoms with van der Waals surface area (Å²) in [4.78, 5) is 0. The molecule has 0 aromatic heterocycles. The summed E-state index contributed by atoms with van der Waals surface area (Å²) < 4.78 is 1.12. The van der Waals surface area contributed by atoms with E-state index in [0.29, 0.717) is 0 Å². The lowest BCUT2D eigenvalue weighted by Crippen LogP contribution is -2.15. The second-order valence-corrected chi connectivity index (χ2v) is 12.1. The molecule has 0 atom stereocenters. The molecule has 0 spiro atoms. The van der Waals surface area contributed by atoms with E-state index >= 15 is 0 Å². The van der Waals surface area contributed by atoms with Crippen LogP contribution in [0.3, 0.4) is 0 Å². The highest BCUT2D eigenvalue weighted by Crippen LogP contribution is 2.51. The van der Waals surface area contributed by atoms with Gasteiger partial charge in [-0.25, -0.2) is 0 Å². The summed E-state index contributed by atoms with van der Waals surface area (Å²) in [6.07, 6.45) is 0. The van der Waals surface area contributed by atoms with Crippen LogP contribution < -0.4 is 0 Å². The van der Waals surface area contributed by atoms with Crippen LogP contribution in [0.4, 0.5) is 0 Å². The Kier molecular flexibility index (Phi) is 4.64. The SMILES string of the molecule is CC(C)(C)c1c2ccccc2c(-c2ccc3c(c2)C(C)(C)c2ccccc2-3)c2ccc(Br)cc12. The van der Waals surface area contributed by atoms with Gasteiger partial charge in [0.1, 0.15) is 0 Å². The Hall–Kier alpha value is -2.90. The van der Waals surface area contributed by atoms with E-state index in [0.717, 1.165) is 4.47 Å². The quantitative estimate of drug-likeness (QED) is 0.199. The highest BCUT2D eigenvalue weighted by atomic mass is 79.9. The van der Waals surface area contributed by atoms with E-state index in [1.165, 1.54) is 60.5 Å². The fourth-order valence-electron chi connectivity index (χ4n) is 6.13. The predicted octanol–water partition coefficient (Wildman–Crippen LogP) is 10.0. The van der Waals surface area contributed by atoms with E-state index in [1.807, 2.05) is 0 Å². The smallest absolute Gasteiger partial charge is 0.0181 e. The number of hydrogen-bond acceptors (Lipinski definition) is 0. The number of halogens is 1. The van der Waals surface area contributed by atoms with Gasteiger partial charge in [0.2, 0.25) is 0 Å². The molecule has 34 heavy (non-hydrogen) atoms. The summed E-state index contributed by atoms with van der Waals surface area (Å²) in [5, 5.41) is 5.33. The van der Waals surface area contributed by atoms with Crippen LogP contribution in [-0.4, -0.2) is 0 Å². The maximum Gasteiger partial charge on any atom is 0.0181 e. The molecule has 1 aliphatic carbocycles. The van der Waals surface area contributed by atoms with E-state index in [4.69, 9.17) is 0 Å². The molecule has 5 aromatic carbocycles. The lowest BCUT2D eigenvalue weighted by atomic mass is 9.77. The van der Waals surface area contributed by atoms with Crippen molar-refractivity contribution in [1.82, 2.24) is 0 Å². The largest absolute Gasteiger partial charge is 0.0619 e. The zero-order valence-electron chi connectivity index (χ0n) is 20.5. The van der Waals surface area contributed by atoms with Crippen LogP contribution in [0.15, 0.2) is 89.4 Å². The zero-order valence-corrected chi connectivity index (χ0v) is 22.0. The monoisotopic (exact) mass is 504 g/mol. The van der Waals surface area contributed by atoms with Crippen LogP contribution in [0.25, 0.3) is 43.8 Å². The molecule has 0 unspecified atom stereocenters. The van der Waals surface area contributed by atoms with Gasteiger partial charge < -0.3 is 0 Å². The van der Waals surface area contributed by atoms with Crippen molar-refractivity contribution in [2.45, 2.75) is 45.4 Å². The zero-order chi connectivity index (χ0) is 23.8. The fraction of sp³-hybridized carbons (Fsp3) is 0.212. The van der Waals surface area contributed by atoms with Crippen molar-refractivity contribution in [1.29, 1.82) is 0 Å². The highest BCUT2D eigenvalue weighted by Gasteiger charge is 2.35. The molecule has 0 nitrogen and oxygen atoms in total. The molecule has 0 fully saturated rings. The average Bonchev–Trinajstić information content (AvgIpc) is 3.03. The molecule has 0 aliphatic heterocycles. The van der Waals surface area contributed by atoms with Gasteiger partial charge in [-0.2, -0.15) is 0 Å². The van der Waals surface area contributed by atoms with Crippen LogP contribution in [0.1, 0.15) is 51.3 Å². The van der Waals surface area contributed by atoms with Crippen molar-refractivity contribution < 1.29 is 0 Å². The average molecular weight is 505 g/mol. The van der Waals surface area contributed by atoms with Crippen LogP contribution in [-0.2, 0) is 10.8 Å². The van der Waals surface area contributed by atoms with Gasteiger partial charge in [-0.05, 0) is 84.1 Å². The first-order valence-electron chi connectivity index (χ1n) is 12.1. The molecule has 168 valence electrons. The molecule has 0 amide bonds. The Morgan fingerprint density at radius 2 is 1.26 bits per heavy atom. The molecular formula is C33H29Br. The van der Waals surface area contributed by atoms with Gasteiger partial charge in [-0.15, -0.1) is 0 Å². The molecule has 1 heteroatoms. The summed E-state index contributed by atoms with van der Waals surface area (Å²) >= 11 is 3.75. The third-order valence-electron chi connectivity index (χ3n) is 7.61. The molecule has 6 rings (SSSR count). The molecule has 0 bridgehead atoms. The van der Waals surface area contributed by atoms with E-state index in [9.17, 15) is 0 Å². The molecule has 5 aromatic rings. The van der Waals surface area contributed by atoms with Crippen LogP contribution >= 0.6 is 15.9 Å². The Bertz CT molecular complexity index is 1610. The molecule has 1 aliphatic rings. The van der Waals surface area contributed by atoms with E-state index < -0.39 is 0 Å². The van der Waals surface area contributed by atoms with Gasteiger partial charge in [0.15, 0.2) is 0 Å². The standard InChI is InChI=1S/C33H29Br/c1-32(2,3)31-26-12-7-6-11-24(26)30(25-17-15-21(34)19-27(25)31)20-14-16-23-22-10-8-9-13-28(22)33(4,5)29(23)18-20/h6-19H,1-5H3. The predicted molar refractivity (Wildman–Crippen MR) is 151 cm³/mol. The molecule has 0 saturated heterocycles. The number of benzene rings is 5. The maximum absolute atomic E-state index is 3.75. The maximum atomic E-state index is 3.75. The summed E-state index contributed by atoms with van der Waals surface area (Å²) in [5.74, 6) is 0. The van der Waals surface area contributed by atoms with Gasteiger partial charge in [0, 0.05) is 9.89 Å². The Labute approximate surface area is 210 Å². The number of hydrogen-bond donors (Lipinski definition) is 0. The molecule has 0 heterocycles. The first-order chi connectivity index (χ1) is 16.2. The third-order valence-corrected chi connectivity index (χ3v) is 8.10. The minimum atomic E-state index is -0.0120. The first-order valence-corrected chi connectivity index (χ1v) is 12.9. The van der Waals surface area contributed by atoms with Gasteiger partial charge >= 0.3 is 0 Å². The van der Waals surface area contributed by atoms with Gasteiger partial charge in [-0.1, -0.05) is 117 Å². The molecule has 0 saturated carbocycles. The lowest BCUT2D eigenvalue weighted by molar-refractivity contribution is 0.601. The van der Waals surface area contributed by atoms with Crippen LogP contribution in [0.2, 0.25) is 0 Å². The number of fused-ring (bicyclic) bond motifs is 5. The van der Waals surface area contributed by atoms with Gasteiger partial charge in [0.05, 0.1) is 0 Å². The molecule has 0 radical (unpaired) electrons. The van der Waals surface area contributed by atoms with Crippen molar-refractivity contribution in [3.63, 3.8) is 0 Å². The van der Waals surface area contributed by atoms with E-state index in [2.05, 4.69) is 135 Å². The Morgan fingerprint density at radius 3 is 2.03 bits per heavy atom. The van der Waals surface area contributed by atoms with Crippen molar-refractivity contribution in [2.24, 2.45) is 0 Å². The highest BCUT2D eigenvalue weighted by molar-refractivity contribution is 9.10. The topological polar surface area (TPSA) is 0 Å². The summed E-state index contributed by atoms with van der Waals surface area (Å²) in [5.41, 5.74) is 9.63. The summed E-state index contributed by atoms with van der Waals surface area (Å²) in [6.45, 7) is 11.7.